The first-order valence-corrected chi connectivity index (χ1v) is 6.93. The van der Waals surface area contributed by atoms with Crippen LogP contribution in [0.1, 0.15) is 11.3 Å². The second-order valence-electron chi connectivity index (χ2n) is 4.98. The van der Waals surface area contributed by atoms with Crippen LogP contribution in [0.5, 0.6) is 0 Å². The average Bonchev–Trinajstić information content (AvgIpc) is 3.17. The van der Waals surface area contributed by atoms with Gasteiger partial charge in [-0.05, 0) is 48.0 Å². The Balaban J connectivity index is 1.60. The lowest BCUT2D eigenvalue weighted by Gasteiger charge is -2.09. The van der Waals surface area contributed by atoms with Gasteiger partial charge in [-0.3, -0.25) is 4.79 Å². The zero-order chi connectivity index (χ0) is 16.2. The Morgan fingerprint density at radius 3 is 2.83 bits per heavy atom. The van der Waals surface area contributed by atoms with Crippen LogP contribution in [0.15, 0.2) is 35.1 Å². The third-order valence-corrected chi connectivity index (χ3v) is 3.14. The summed E-state index contributed by atoms with van der Waals surface area (Å²) in [5, 5.41) is 20.5. The van der Waals surface area contributed by atoms with E-state index < -0.39 is 0 Å². The summed E-state index contributed by atoms with van der Waals surface area (Å²) >= 11 is 0. The first-order valence-electron chi connectivity index (χ1n) is 6.93. The number of nitrogens with one attached hydrogen (secondary N) is 2. The fourth-order valence-corrected chi connectivity index (χ4v) is 2.09. The number of carbonyl (C=O) groups is 1. The number of rotatable bonds is 5. The van der Waals surface area contributed by atoms with E-state index in [2.05, 4.69) is 31.3 Å². The number of hydrogen-bond acceptors (Lipinski definition) is 7. The van der Waals surface area contributed by atoms with Gasteiger partial charge in [-0.2, -0.15) is 0 Å². The Morgan fingerprint density at radius 1 is 1.30 bits per heavy atom. The molecule has 2 N–H and O–H groups in total. The molecule has 0 aliphatic heterocycles. The fraction of sp³-hybridized carbons (Fsp3) is 0.214. The summed E-state index contributed by atoms with van der Waals surface area (Å²) in [6.07, 6.45) is 1.53. The van der Waals surface area contributed by atoms with Crippen molar-refractivity contribution in [1.82, 2.24) is 25.4 Å². The van der Waals surface area contributed by atoms with E-state index in [4.69, 9.17) is 4.52 Å². The molecule has 0 bridgehead atoms. The smallest absolute Gasteiger partial charge is 0.244 e. The van der Waals surface area contributed by atoms with Crippen LogP contribution < -0.4 is 10.6 Å². The molecule has 2 aromatic heterocycles. The first kappa shape index (κ1) is 14.7. The van der Waals surface area contributed by atoms with Gasteiger partial charge >= 0.3 is 0 Å². The van der Waals surface area contributed by atoms with E-state index in [9.17, 15) is 4.79 Å². The molecule has 118 valence electrons. The van der Waals surface area contributed by atoms with Crippen LogP contribution in [-0.2, 0) is 4.79 Å². The molecule has 23 heavy (non-hydrogen) atoms. The van der Waals surface area contributed by atoms with E-state index >= 15 is 0 Å². The Hall–Kier alpha value is -3.23. The Bertz CT molecular complexity index is 810. The van der Waals surface area contributed by atoms with E-state index in [0.29, 0.717) is 11.6 Å². The number of aromatic nitrogens is 5. The van der Waals surface area contributed by atoms with Crippen molar-refractivity contribution in [2.24, 2.45) is 0 Å². The van der Waals surface area contributed by atoms with E-state index in [0.717, 1.165) is 16.9 Å². The standard InChI is InChI=1S/C14H15N7O2/c1-9-5-11(3-4-12(9)21-8-16-19-20-21)15-7-14(22)17-13-6-10(2)23-18-13/h3-6,8,15H,7H2,1-2H3,(H,17,18,22). The van der Waals surface area contributed by atoms with E-state index in [1.807, 2.05) is 25.1 Å². The van der Waals surface area contributed by atoms with Crippen LogP contribution >= 0.6 is 0 Å². The molecule has 0 aliphatic carbocycles. The molecule has 0 saturated heterocycles. The monoisotopic (exact) mass is 313 g/mol. The van der Waals surface area contributed by atoms with Gasteiger partial charge in [-0.25, -0.2) is 4.68 Å². The van der Waals surface area contributed by atoms with Gasteiger partial charge in [0.1, 0.15) is 12.1 Å². The summed E-state index contributed by atoms with van der Waals surface area (Å²) in [6.45, 7) is 3.83. The van der Waals surface area contributed by atoms with Crippen LogP contribution in [0.2, 0.25) is 0 Å². The van der Waals surface area contributed by atoms with Gasteiger partial charge in [0.15, 0.2) is 5.82 Å². The summed E-state index contributed by atoms with van der Waals surface area (Å²) in [7, 11) is 0. The average molecular weight is 313 g/mol. The highest BCUT2D eigenvalue weighted by Crippen LogP contribution is 2.17. The van der Waals surface area contributed by atoms with E-state index in [1.54, 1.807) is 17.7 Å². The molecule has 0 atom stereocenters. The van der Waals surface area contributed by atoms with Crippen LogP contribution in [0.3, 0.4) is 0 Å². The molecule has 3 aromatic rings. The van der Waals surface area contributed by atoms with Gasteiger partial charge in [0.05, 0.1) is 12.2 Å². The maximum absolute atomic E-state index is 11.8. The summed E-state index contributed by atoms with van der Waals surface area (Å²) in [5.74, 6) is 0.835. The van der Waals surface area contributed by atoms with Gasteiger partial charge in [-0.15, -0.1) is 5.10 Å². The molecule has 9 nitrogen and oxygen atoms in total. The summed E-state index contributed by atoms with van der Waals surface area (Å²) in [4.78, 5) is 11.8. The predicted molar refractivity (Wildman–Crippen MR) is 82.3 cm³/mol. The summed E-state index contributed by atoms with van der Waals surface area (Å²) < 4.78 is 6.47. The minimum absolute atomic E-state index is 0.121. The molecule has 0 aliphatic rings. The fourth-order valence-electron chi connectivity index (χ4n) is 2.09. The van der Waals surface area contributed by atoms with Gasteiger partial charge in [0.25, 0.3) is 0 Å². The maximum atomic E-state index is 11.8. The summed E-state index contributed by atoms with van der Waals surface area (Å²) in [6, 6.07) is 7.32. The van der Waals surface area contributed by atoms with Gasteiger partial charge in [-0.1, -0.05) is 5.16 Å². The van der Waals surface area contributed by atoms with Crippen molar-refractivity contribution in [3.8, 4) is 5.69 Å². The Morgan fingerprint density at radius 2 is 2.17 bits per heavy atom. The van der Waals surface area contributed by atoms with Crippen molar-refractivity contribution in [1.29, 1.82) is 0 Å². The second kappa shape index (κ2) is 6.26. The molecule has 3 rings (SSSR count). The molecule has 0 radical (unpaired) electrons. The number of nitrogens with zero attached hydrogens (tertiary/aromatic N) is 5. The highest BCUT2D eigenvalue weighted by molar-refractivity contribution is 5.92. The quantitative estimate of drug-likeness (QED) is 0.730. The normalized spacial score (nSPS) is 10.5. The molecular formula is C14H15N7O2. The number of carbonyl (C=O) groups excluding carboxylic acids is 1. The highest BCUT2D eigenvalue weighted by atomic mass is 16.5. The number of tetrazole rings is 1. The Labute approximate surface area is 131 Å². The zero-order valence-corrected chi connectivity index (χ0v) is 12.6. The minimum atomic E-state index is -0.208. The van der Waals surface area contributed by atoms with Gasteiger partial charge < -0.3 is 15.2 Å². The summed E-state index contributed by atoms with van der Waals surface area (Å²) in [5.41, 5.74) is 2.68. The second-order valence-corrected chi connectivity index (χ2v) is 4.98. The lowest BCUT2D eigenvalue weighted by atomic mass is 10.2. The highest BCUT2D eigenvalue weighted by Gasteiger charge is 2.07. The van der Waals surface area contributed by atoms with Crippen molar-refractivity contribution in [2.75, 3.05) is 17.2 Å². The third kappa shape index (κ3) is 3.51. The number of benzene rings is 1. The number of anilines is 2. The zero-order valence-electron chi connectivity index (χ0n) is 12.6. The lowest BCUT2D eigenvalue weighted by Crippen LogP contribution is -2.21. The van der Waals surface area contributed by atoms with Crippen molar-refractivity contribution >= 4 is 17.4 Å². The molecule has 9 heteroatoms. The number of hydrogen-bond donors (Lipinski definition) is 2. The molecule has 0 unspecified atom stereocenters. The topological polar surface area (TPSA) is 111 Å². The molecule has 2 heterocycles. The van der Waals surface area contributed by atoms with Crippen molar-refractivity contribution in [3.05, 3.63) is 41.9 Å². The largest absolute Gasteiger partial charge is 0.376 e. The van der Waals surface area contributed by atoms with Crippen molar-refractivity contribution in [2.45, 2.75) is 13.8 Å². The number of amides is 1. The SMILES string of the molecule is Cc1cc(NC(=O)CNc2ccc(-n3cnnn3)c(C)c2)no1. The molecule has 0 fully saturated rings. The molecule has 0 saturated carbocycles. The van der Waals surface area contributed by atoms with E-state index in [-0.39, 0.29) is 12.5 Å². The predicted octanol–water partition coefficient (Wildman–Crippen LogP) is 1.32. The first-order chi connectivity index (χ1) is 11.1. The van der Waals surface area contributed by atoms with Crippen LogP contribution in [0.4, 0.5) is 11.5 Å². The minimum Gasteiger partial charge on any atom is -0.376 e. The van der Waals surface area contributed by atoms with Crippen molar-refractivity contribution in [3.63, 3.8) is 0 Å². The third-order valence-electron chi connectivity index (χ3n) is 3.14. The molecular weight excluding hydrogens is 298 g/mol. The lowest BCUT2D eigenvalue weighted by molar-refractivity contribution is -0.114. The van der Waals surface area contributed by atoms with Crippen LogP contribution in [0.25, 0.3) is 5.69 Å². The van der Waals surface area contributed by atoms with E-state index in [1.165, 1.54) is 6.33 Å². The molecule has 1 aromatic carbocycles. The van der Waals surface area contributed by atoms with Crippen molar-refractivity contribution < 1.29 is 9.32 Å². The van der Waals surface area contributed by atoms with Crippen LogP contribution in [-0.4, -0.2) is 37.8 Å². The van der Waals surface area contributed by atoms with Gasteiger partial charge in [0, 0.05) is 11.8 Å². The van der Waals surface area contributed by atoms with Gasteiger partial charge in [0.2, 0.25) is 5.91 Å². The maximum Gasteiger partial charge on any atom is 0.244 e. The number of aryl methyl sites for hydroxylation is 2. The molecule has 1 amide bonds. The molecule has 0 spiro atoms. The van der Waals surface area contributed by atoms with Crippen LogP contribution in [0, 0.1) is 13.8 Å². The Kier molecular flexibility index (Phi) is 4.00.